The molecular formula is C14H19N5S2. The van der Waals surface area contributed by atoms with Crippen LogP contribution in [-0.2, 0) is 6.42 Å². The van der Waals surface area contributed by atoms with Crippen molar-refractivity contribution in [2.45, 2.75) is 48.9 Å². The summed E-state index contributed by atoms with van der Waals surface area (Å²) in [5.74, 6) is 0.955. The maximum absolute atomic E-state index is 4.27. The van der Waals surface area contributed by atoms with Gasteiger partial charge in [0.15, 0.2) is 4.34 Å². The van der Waals surface area contributed by atoms with Crippen LogP contribution in [0.2, 0.25) is 0 Å². The molecule has 0 spiro atoms. The number of nitrogens with zero attached hydrogens (tertiary/aromatic N) is 4. The molecule has 2 aromatic rings. The van der Waals surface area contributed by atoms with Crippen LogP contribution in [0, 0.1) is 0 Å². The molecule has 0 aromatic carbocycles. The second kappa shape index (κ2) is 7.70. The van der Waals surface area contributed by atoms with Gasteiger partial charge in [0, 0.05) is 36.8 Å². The summed E-state index contributed by atoms with van der Waals surface area (Å²) in [6, 6.07) is 0.587. The monoisotopic (exact) mass is 321 g/mol. The normalized spacial score (nSPS) is 16.0. The molecule has 0 atom stereocenters. The minimum atomic E-state index is 0.587. The Morgan fingerprint density at radius 3 is 2.90 bits per heavy atom. The van der Waals surface area contributed by atoms with Gasteiger partial charge in [-0.1, -0.05) is 42.4 Å². The molecule has 1 N–H and O–H groups in total. The van der Waals surface area contributed by atoms with Crippen LogP contribution < -0.4 is 5.32 Å². The smallest absolute Gasteiger partial charge is 0.206 e. The Labute approximate surface area is 133 Å². The third-order valence-electron chi connectivity index (χ3n) is 3.54. The van der Waals surface area contributed by atoms with Gasteiger partial charge < -0.3 is 5.32 Å². The second-order valence-electron chi connectivity index (χ2n) is 5.15. The van der Waals surface area contributed by atoms with Crippen LogP contribution in [0.5, 0.6) is 0 Å². The largest absolute Gasteiger partial charge is 0.357 e. The molecule has 3 rings (SSSR count). The van der Waals surface area contributed by atoms with Gasteiger partial charge in [-0.15, -0.1) is 10.2 Å². The Balaban J connectivity index is 1.44. The molecular weight excluding hydrogens is 302 g/mol. The summed E-state index contributed by atoms with van der Waals surface area (Å²) in [5.41, 5.74) is 1.02. The van der Waals surface area contributed by atoms with E-state index < -0.39 is 0 Å². The number of aryl methyl sites for hydroxylation is 1. The lowest BCUT2D eigenvalue weighted by Gasteiger charge is -2.21. The van der Waals surface area contributed by atoms with E-state index in [0.717, 1.165) is 27.3 Å². The fraction of sp³-hybridized carbons (Fsp3) is 0.571. The standard InChI is InChI=1S/C14H19N5S2/c1-2-4-11(5-3-1)17-13-18-19-14(21-13)20-9-6-12-10-15-7-8-16-12/h7-8,10-11H,1-6,9H2,(H,17,18). The summed E-state index contributed by atoms with van der Waals surface area (Å²) in [6.45, 7) is 0. The Hall–Kier alpha value is -1.21. The first kappa shape index (κ1) is 14.7. The van der Waals surface area contributed by atoms with Gasteiger partial charge in [-0.2, -0.15) is 0 Å². The van der Waals surface area contributed by atoms with E-state index in [-0.39, 0.29) is 0 Å². The molecule has 0 radical (unpaired) electrons. The van der Waals surface area contributed by atoms with Crippen LogP contribution >= 0.6 is 23.1 Å². The summed E-state index contributed by atoms with van der Waals surface area (Å²) in [5, 5.41) is 13.0. The number of rotatable bonds is 6. The van der Waals surface area contributed by atoms with Crippen molar-refractivity contribution >= 4 is 28.2 Å². The van der Waals surface area contributed by atoms with E-state index in [9.17, 15) is 0 Å². The quantitative estimate of drug-likeness (QED) is 0.823. The van der Waals surface area contributed by atoms with E-state index in [2.05, 4.69) is 25.5 Å². The van der Waals surface area contributed by atoms with Gasteiger partial charge in [0.05, 0.1) is 5.69 Å². The van der Waals surface area contributed by atoms with E-state index in [1.54, 1.807) is 35.5 Å². The molecule has 0 bridgehead atoms. The number of hydrogen-bond donors (Lipinski definition) is 1. The zero-order chi connectivity index (χ0) is 14.3. The first-order chi connectivity index (χ1) is 10.4. The zero-order valence-electron chi connectivity index (χ0n) is 11.9. The van der Waals surface area contributed by atoms with Gasteiger partial charge in [-0.05, 0) is 12.8 Å². The van der Waals surface area contributed by atoms with E-state index in [4.69, 9.17) is 0 Å². The summed E-state index contributed by atoms with van der Waals surface area (Å²) >= 11 is 3.39. The maximum Gasteiger partial charge on any atom is 0.206 e. The average Bonchev–Trinajstić information content (AvgIpc) is 2.97. The first-order valence-corrected chi connectivity index (χ1v) is 9.18. The summed E-state index contributed by atoms with van der Waals surface area (Å²) < 4.78 is 1.03. The fourth-order valence-corrected chi connectivity index (χ4v) is 4.31. The fourth-order valence-electron chi connectivity index (χ4n) is 2.45. The van der Waals surface area contributed by atoms with Crippen LogP contribution in [0.15, 0.2) is 22.9 Å². The topological polar surface area (TPSA) is 63.6 Å². The number of anilines is 1. The second-order valence-corrected chi connectivity index (χ2v) is 7.47. The molecule has 1 aliphatic rings. The van der Waals surface area contributed by atoms with E-state index in [1.807, 2.05) is 6.20 Å². The molecule has 1 saturated carbocycles. The molecule has 7 heteroatoms. The summed E-state index contributed by atoms with van der Waals surface area (Å²) in [7, 11) is 0. The highest BCUT2D eigenvalue weighted by molar-refractivity contribution is 8.01. The molecule has 2 heterocycles. The van der Waals surface area contributed by atoms with Crippen molar-refractivity contribution in [3.63, 3.8) is 0 Å². The van der Waals surface area contributed by atoms with Gasteiger partial charge in [0.2, 0.25) is 5.13 Å². The van der Waals surface area contributed by atoms with Gasteiger partial charge in [0.1, 0.15) is 0 Å². The molecule has 1 aliphatic carbocycles. The lowest BCUT2D eigenvalue weighted by Crippen LogP contribution is -2.21. The van der Waals surface area contributed by atoms with Gasteiger partial charge in [-0.3, -0.25) is 9.97 Å². The Morgan fingerprint density at radius 1 is 1.19 bits per heavy atom. The molecule has 112 valence electrons. The van der Waals surface area contributed by atoms with Gasteiger partial charge >= 0.3 is 0 Å². The van der Waals surface area contributed by atoms with Crippen molar-refractivity contribution < 1.29 is 0 Å². The molecule has 2 aromatic heterocycles. The lowest BCUT2D eigenvalue weighted by molar-refractivity contribution is 0.462. The number of hydrogen-bond acceptors (Lipinski definition) is 7. The molecule has 21 heavy (non-hydrogen) atoms. The Kier molecular flexibility index (Phi) is 5.40. The van der Waals surface area contributed by atoms with Crippen LogP contribution in [0.1, 0.15) is 37.8 Å². The van der Waals surface area contributed by atoms with E-state index >= 15 is 0 Å². The van der Waals surface area contributed by atoms with Crippen molar-refractivity contribution in [2.75, 3.05) is 11.1 Å². The zero-order valence-corrected chi connectivity index (χ0v) is 13.5. The van der Waals surface area contributed by atoms with Crippen molar-refractivity contribution in [2.24, 2.45) is 0 Å². The van der Waals surface area contributed by atoms with E-state index in [1.165, 1.54) is 32.1 Å². The van der Waals surface area contributed by atoms with Crippen molar-refractivity contribution in [1.29, 1.82) is 0 Å². The highest BCUT2D eigenvalue weighted by Gasteiger charge is 2.15. The number of aromatic nitrogens is 4. The lowest BCUT2D eigenvalue weighted by atomic mass is 9.96. The summed E-state index contributed by atoms with van der Waals surface area (Å²) in [4.78, 5) is 8.34. The minimum Gasteiger partial charge on any atom is -0.357 e. The minimum absolute atomic E-state index is 0.587. The Morgan fingerprint density at radius 2 is 2.10 bits per heavy atom. The summed E-state index contributed by atoms with van der Waals surface area (Å²) in [6.07, 6.45) is 12.7. The highest BCUT2D eigenvalue weighted by atomic mass is 32.2. The molecule has 1 fully saturated rings. The predicted octanol–water partition coefficient (Wildman–Crippen LogP) is 3.41. The third kappa shape index (κ3) is 4.64. The van der Waals surface area contributed by atoms with Crippen LogP contribution in [0.3, 0.4) is 0 Å². The average molecular weight is 321 g/mol. The van der Waals surface area contributed by atoms with Crippen LogP contribution in [-0.4, -0.2) is 32.0 Å². The third-order valence-corrected chi connectivity index (χ3v) is 5.53. The van der Waals surface area contributed by atoms with E-state index in [0.29, 0.717) is 6.04 Å². The van der Waals surface area contributed by atoms with Crippen molar-refractivity contribution in [3.8, 4) is 0 Å². The van der Waals surface area contributed by atoms with Crippen LogP contribution in [0.4, 0.5) is 5.13 Å². The van der Waals surface area contributed by atoms with Crippen molar-refractivity contribution in [1.82, 2.24) is 20.2 Å². The Bertz CT molecular complexity index is 539. The highest BCUT2D eigenvalue weighted by Crippen LogP contribution is 2.28. The van der Waals surface area contributed by atoms with Gasteiger partial charge in [0.25, 0.3) is 0 Å². The molecule has 0 saturated heterocycles. The molecule has 5 nitrogen and oxygen atoms in total. The van der Waals surface area contributed by atoms with Gasteiger partial charge in [-0.25, -0.2) is 0 Å². The number of nitrogens with one attached hydrogen (secondary N) is 1. The molecule has 0 amide bonds. The molecule has 0 unspecified atom stereocenters. The molecule has 0 aliphatic heterocycles. The maximum atomic E-state index is 4.27. The number of thioether (sulfide) groups is 1. The van der Waals surface area contributed by atoms with Crippen LogP contribution in [0.25, 0.3) is 0 Å². The SMILES string of the molecule is c1cnc(CCSc2nnc(NC3CCCCC3)s2)cn1. The predicted molar refractivity (Wildman–Crippen MR) is 86.9 cm³/mol. The van der Waals surface area contributed by atoms with Crippen molar-refractivity contribution in [3.05, 3.63) is 24.3 Å². The first-order valence-electron chi connectivity index (χ1n) is 7.38.